The van der Waals surface area contributed by atoms with E-state index in [4.69, 9.17) is 0 Å². The van der Waals surface area contributed by atoms with Crippen molar-refractivity contribution < 1.29 is 9.50 Å². The quantitative estimate of drug-likeness (QED) is 0.848. The lowest BCUT2D eigenvalue weighted by molar-refractivity contribution is 0.114. The summed E-state index contributed by atoms with van der Waals surface area (Å²) in [6, 6.07) is 2.03. The third-order valence-electron chi connectivity index (χ3n) is 3.41. The van der Waals surface area contributed by atoms with Crippen molar-refractivity contribution in [3.8, 4) is 0 Å². The van der Waals surface area contributed by atoms with Crippen LogP contribution >= 0.6 is 0 Å². The van der Waals surface area contributed by atoms with Gasteiger partial charge in [-0.3, -0.25) is 4.98 Å². The lowest BCUT2D eigenvalue weighted by Crippen LogP contribution is -2.36. The Morgan fingerprint density at radius 3 is 2.71 bits per heavy atom. The number of aromatic nitrogens is 1. The monoisotopic (exact) mass is 238 g/mol. The number of hydrogen-bond acceptors (Lipinski definition) is 3. The van der Waals surface area contributed by atoms with Crippen LogP contribution in [0.5, 0.6) is 0 Å². The number of aliphatic hydroxyl groups is 1. The van der Waals surface area contributed by atoms with Crippen molar-refractivity contribution in [1.29, 1.82) is 0 Å². The van der Waals surface area contributed by atoms with E-state index in [-0.39, 0.29) is 18.0 Å². The number of nitrogens with zero attached hydrogens (tertiary/aromatic N) is 1. The largest absolute Gasteiger partial charge is 0.393 e. The molecule has 1 aliphatic rings. The van der Waals surface area contributed by atoms with E-state index in [1.54, 1.807) is 6.20 Å². The van der Waals surface area contributed by atoms with Gasteiger partial charge in [0.2, 0.25) is 0 Å². The Kier molecular flexibility index (Phi) is 4.07. The van der Waals surface area contributed by atoms with Crippen LogP contribution in [0.4, 0.5) is 4.39 Å². The fourth-order valence-corrected chi connectivity index (χ4v) is 2.36. The molecule has 17 heavy (non-hydrogen) atoms. The third kappa shape index (κ3) is 3.48. The zero-order valence-electron chi connectivity index (χ0n) is 10.1. The van der Waals surface area contributed by atoms with E-state index in [9.17, 15) is 9.50 Å². The molecule has 1 atom stereocenters. The van der Waals surface area contributed by atoms with Gasteiger partial charge in [0.15, 0.2) is 0 Å². The average molecular weight is 238 g/mol. The second-order valence-corrected chi connectivity index (χ2v) is 4.83. The summed E-state index contributed by atoms with van der Waals surface area (Å²) in [7, 11) is 0. The van der Waals surface area contributed by atoms with Gasteiger partial charge in [-0.05, 0) is 44.2 Å². The molecule has 1 aliphatic carbocycles. The van der Waals surface area contributed by atoms with E-state index in [0.717, 1.165) is 31.2 Å². The van der Waals surface area contributed by atoms with Crippen LogP contribution in [-0.2, 0) is 0 Å². The first-order valence-corrected chi connectivity index (χ1v) is 6.19. The van der Waals surface area contributed by atoms with Crippen LogP contribution < -0.4 is 5.32 Å². The lowest BCUT2D eigenvalue weighted by Gasteiger charge is -2.29. The minimum atomic E-state index is -0.296. The number of hydrogen-bond donors (Lipinski definition) is 2. The molecule has 0 saturated heterocycles. The maximum atomic E-state index is 13.0. The van der Waals surface area contributed by atoms with Gasteiger partial charge in [0.1, 0.15) is 5.82 Å². The summed E-state index contributed by atoms with van der Waals surface area (Å²) < 4.78 is 13.0. The number of rotatable bonds is 3. The molecule has 94 valence electrons. The Morgan fingerprint density at radius 2 is 2.06 bits per heavy atom. The number of pyridine rings is 1. The minimum Gasteiger partial charge on any atom is -0.393 e. The zero-order valence-corrected chi connectivity index (χ0v) is 10.1. The number of aliphatic hydroxyl groups excluding tert-OH is 1. The number of halogens is 1. The highest BCUT2D eigenvalue weighted by molar-refractivity contribution is 5.14. The van der Waals surface area contributed by atoms with Crippen LogP contribution in [0.1, 0.15) is 44.2 Å². The molecule has 0 aliphatic heterocycles. The predicted molar refractivity (Wildman–Crippen MR) is 64.0 cm³/mol. The summed E-state index contributed by atoms with van der Waals surface area (Å²) in [5.41, 5.74) is 0.871. The fraction of sp³-hybridized carbons (Fsp3) is 0.615. The van der Waals surface area contributed by atoms with Gasteiger partial charge in [-0.15, -0.1) is 0 Å². The summed E-state index contributed by atoms with van der Waals surface area (Å²) in [5, 5.41) is 12.9. The second kappa shape index (κ2) is 5.56. The molecule has 0 aromatic carbocycles. The first-order chi connectivity index (χ1) is 8.15. The van der Waals surface area contributed by atoms with Gasteiger partial charge >= 0.3 is 0 Å². The molecule has 1 saturated carbocycles. The molecular formula is C13H19FN2O. The molecule has 0 amide bonds. The maximum absolute atomic E-state index is 13.0. The maximum Gasteiger partial charge on any atom is 0.141 e. The second-order valence-electron chi connectivity index (χ2n) is 4.83. The van der Waals surface area contributed by atoms with Gasteiger partial charge in [-0.25, -0.2) is 4.39 Å². The highest BCUT2D eigenvalue weighted by atomic mass is 19.1. The molecule has 1 fully saturated rings. The van der Waals surface area contributed by atoms with Crippen molar-refractivity contribution in [3.05, 3.63) is 29.8 Å². The molecule has 4 heteroatoms. The molecule has 2 rings (SSSR count). The van der Waals surface area contributed by atoms with Gasteiger partial charge in [0.05, 0.1) is 12.3 Å². The molecule has 0 spiro atoms. The Bertz CT molecular complexity index is 364. The molecule has 0 bridgehead atoms. The van der Waals surface area contributed by atoms with Crippen molar-refractivity contribution in [3.63, 3.8) is 0 Å². The van der Waals surface area contributed by atoms with Gasteiger partial charge in [-0.1, -0.05) is 0 Å². The zero-order chi connectivity index (χ0) is 12.3. The summed E-state index contributed by atoms with van der Waals surface area (Å²) in [4.78, 5) is 3.86. The van der Waals surface area contributed by atoms with Crippen LogP contribution in [0.25, 0.3) is 0 Å². The van der Waals surface area contributed by atoms with Gasteiger partial charge in [0, 0.05) is 18.3 Å². The number of nitrogens with one attached hydrogen (secondary N) is 1. The normalized spacial score (nSPS) is 26.8. The minimum absolute atomic E-state index is 0.0958. The van der Waals surface area contributed by atoms with E-state index < -0.39 is 0 Å². The molecule has 1 unspecified atom stereocenters. The van der Waals surface area contributed by atoms with Crippen LogP contribution in [-0.4, -0.2) is 22.2 Å². The summed E-state index contributed by atoms with van der Waals surface area (Å²) in [6.07, 6.45) is 6.44. The van der Waals surface area contributed by atoms with E-state index in [1.807, 2.05) is 6.92 Å². The van der Waals surface area contributed by atoms with Crippen molar-refractivity contribution in [2.75, 3.05) is 0 Å². The average Bonchev–Trinajstić information content (AvgIpc) is 2.32. The Labute approximate surface area is 101 Å². The van der Waals surface area contributed by atoms with E-state index in [1.165, 1.54) is 12.3 Å². The lowest BCUT2D eigenvalue weighted by atomic mass is 9.92. The van der Waals surface area contributed by atoms with Crippen molar-refractivity contribution in [2.45, 2.75) is 50.8 Å². The third-order valence-corrected chi connectivity index (χ3v) is 3.41. The molecule has 1 aromatic rings. The SMILES string of the molecule is CC(NC1CCC(O)CC1)c1cncc(F)c1. The standard InChI is InChI=1S/C13H19FN2O/c1-9(10-6-11(14)8-15-7-10)16-12-2-4-13(17)5-3-12/h6-9,12-13,16-17H,2-5H2,1H3. The van der Waals surface area contributed by atoms with E-state index in [2.05, 4.69) is 10.3 Å². The van der Waals surface area contributed by atoms with Crippen LogP contribution in [0.2, 0.25) is 0 Å². The Hall–Kier alpha value is -1.00. The first-order valence-electron chi connectivity index (χ1n) is 6.19. The molecule has 0 radical (unpaired) electrons. The highest BCUT2D eigenvalue weighted by Gasteiger charge is 2.21. The fourth-order valence-electron chi connectivity index (χ4n) is 2.36. The summed E-state index contributed by atoms with van der Waals surface area (Å²) in [6.45, 7) is 2.02. The van der Waals surface area contributed by atoms with Gasteiger partial charge < -0.3 is 10.4 Å². The van der Waals surface area contributed by atoms with Crippen molar-refractivity contribution in [1.82, 2.24) is 10.3 Å². The van der Waals surface area contributed by atoms with Crippen LogP contribution in [0.15, 0.2) is 18.5 Å². The summed E-state index contributed by atoms with van der Waals surface area (Å²) >= 11 is 0. The smallest absolute Gasteiger partial charge is 0.141 e. The molecule has 2 N–H and O–H groups in total. The van der Waals surface area contributed by atoms with Gasteiger partial charge in [-0.2, -0.15) is 0 Å². The molecule has 1 aromatic heterocycles. The van der Waals surface area contributed by atoms with E-state index in [0.29, 0.717) is 6.04 Å². The molecule has 3 nitrogen and oxygen atoms in total. The Morgan fingerprint density at radius 1 is 1.35 bits per heavy atom. The van der Waals surface area contributed by atoms with Crippen LogP contribution in [0, 0.1) is 5.82 Å². The molecular weight excluding hydrogens is 219 g/mol. The predicted octanol–water partition coefficient (Wildman–Crippen LogP) is 2.17. The van der Waals surface area contributed by atoms with E-state index >= 15 is 0 Å². The molecule has 1 heterocycles. The Balaban J connectivity index is 1.90. The van der Waals surface area contributed by atoms with Crippen LogP contribution in [0.3, 0.4) is 0 Å². The topological polar surface area (TPSA) is 45.1 Å². The summed E-state index contributed by atoms with van der Waals surface area (Å²) in [5.74, 6) is -0.296. The highest BCUT2D eigenvalue weighted by Crippen LogP contribution is 2.21. The van der Waals surface area contributed by atoms with Gasteiger partial charge in [0.25, 0.3) is 0 Å². The van der Waals surface area contributed by atoms with Crippen molar-refractivity contribution >= 4 is 0 Å². The van der Waals surface area contributed by atoms with Crippen molar-refractivity contribution in [2.24, 2.45) is 0 Å². The first kappa shape index (κ1) is 12.5.